The van der Waals surface area contributed by atoms with Crippen LogP contribution in [0.15, 0.2) is 75.0 Å². The van der Waals surface area contributed by atoms with Crippen LogP contribution in [0.4, 0.5) is 0 Å². The molecule has 0 aliphatic carbocycles. The standard InChI is InChI=1S/C17H15BrN2O2S2/c1-20(24(21,22)16-11-23-12-19-16)17(13-7-3-2-4-8-13)14-9-5-6-10-15(14)18/h2-12,17H,1H3. The van der Waals surface area contributed by atoms with Crippen molar-refractivity contribution in [3.63, 3.8) is 0 Å². The van der Waals surface area contributed by atoms with Crippen molar-refractivity contribution in [1.82, 2.24) is 9.29 Å². The second-order valence-corrected chi connectivity index (χ2v) is 8.70. The molecule has 1 aromatic heterocycles. The van der Waals surface area contributed by atoms with E-state index in [1.807, 2.05) is 54.6 Å². The first-order valence-electron chi connectivity index (χ1n) is 7.17. The summed E-state index contributed by atoms with van der Waals surface area (Å²) in [6, 6.07) is 16.8. The number of nitrogens with zero attached hydrogens (tertiary/aromatic N) is 2. The fraction of sp³-hybridized carbons (Fsp3) is 0.118. The predicted molar refractivity (Wildman–Crippen MR) is 99.5 cm³/mol. The van der Waals surface area contributed by atoms with E-state index in [4.69, 9.17) is 0 Å². The van der Waals surface area contributed by atoms with Crippen LogP contribution in [0.2, 0.25) is 0 Å². The van der Waals surface area contributed by atoms with Gasteiger partial charge in [-0.3, -0.25) is 0 Å². The first kappa shape index (κ1) is 17.3. The molecule has 0 bridgehead atoms. The lowest BCUT2D eigenvalue weighted by Crippen LogP contribution is -2.32. The third-order valence-corrected chi connectivity index (χ3v) is 6.91. The van der Waals surface area contributed by atoms with Gasteiger partial charge in [-0.05, 0) is 17.2 Å². The molecule has 0 saturated heterocycles. The second-order valence-electron chi connectivity index (χ2n) is 5.18. The Labute approximate surface area is 154 Å². The normalized spacial score (nSPS) is 13.1. The molecule has 3 aromatic rings. The Morgan fingerprint density at radius 3 is 2.38 bits per heavy atom. The molecule has 0 aliphatic heterocycles. The average molecular weight is 423 g/mol. The van der Waals surface area contributed by atoms with Gasteiger partial charge in [-0.2, -0.15) is 4.31 Å². The van der Waals surface area contributed by atoms with Gasteiger partial charge in [0.1, 0.15) is 0 Å². The highest BCUT2D eigenvalue weighted by atomic mass is 79.9. The van der Waals surface area contributed by atoms with Gasteiger partial charge in [0.15, 0.2) is 5.03 Å². The van der Waals surface area contributed by atoms with Gasteiger partial charge >= 0.3 is 0 Å². The highest BCUT2D eigenvalue weighted by Crippen LogP contribution is 2.35. The lowest BCUT2D eigenvalue weighted by Gasteiger charge is -2.28. The van der Waals surface area contributed by atoms with E-state index in [-0.39, 0.29) is 5.03 Å². The second kappa shape index (κ2) is 7.14. The average Bonchev–Trinajstić information content (AvgIpc) is 3.13. The molecule has 0 fully saturated rings. The Bertz CT molecular complexity index is 913. The van der Waals surface area contributed by atoms with Crippen molar-refractivity contribution in [2.45, 2.75) is 11.1 Å². The van der Waals surface area contributed by atoms with Crippen LogP contribution < -0.4 is 0 Å². The van der Waals surface area contributed by atoms with Crippen LogP contribution in [0.1, 0.15) is 17.2 Å². The third kappa shape index (κ3) is 3.30. The summed E-state index contributed by atoms with van der Waals surface area (Å²) in [6.45, 7) is 0. The molecule has 0 N–H and O–H groups in total. The number of rotatable bonds is 5. The smallest absolute Gasteiger partial charge is 0.232 e. The molecule has 0 aliphatic rings. The molecule has 0 amide bonds. The Morgan fingerprint density at radius 2 is 1.75 bits per heavy atom. The molecule has 0 radical (unpaired) electrons. The van der Waals surface area contributed by atoms with Crippen LogP contribution in [0.25, 0.3) is 0 Å². The minimum Gasteiger partial charge on any atom is -0.232 e. The van der Waals surface area contributed by atoms with E-state index in [2.05, 4.69) is 20.9 Å². The molecule has 1 atom stereocenters. The largest absolute Gasteiger partial charge is 0.261 e. The van der Waals surface area contributed by atoms with Crippen molar-refractivity contribution in [3.05, 3.63) is 81.1 Å². The van der Waals surface area contributed by atoms with Gasteiger partial charge in [0.25, 0.3) is 10.0 Å². The van der Waals surface area contributed by atoms with Gasteiger partial charge in [-0.25, -0.2) is 13.4 Å². The monoisotopic (exact) mass is 422 g/mol. The number of benzene rings is 2. The van der Waals surface area contributed by atoms with E-state index < -0.39 is 16.1 Å². The van der Waals surface area contributed by atoms with Crippen molar-refractivity contribution in [2.24, 2.45) is 0 Å². The maximum atomic E-state index is 12.9. The summed E-state index contributed by atoms with van der Waals surface area (Å²) >= 11 is 4.81. The van der Waals surface area contributed by atoms with E-state index in [1.54, 1.807) is 12.4 Å². The predicted octanol–water partition coefficient (Wildman–Crippen LogP) is 4.32. The van der Waals surface area contributed by atoms with Crippen LogP contribution >= 0.6 is 27.3 Å². The quantitative estimate of drug-likeness (QED) is 0.615. The maximum absolute atomic E-state index is 12.9. The first-order valence-corrected chi connectivity index (χ1v) is 10.3. The zero-order valence-corrected chi connectivity index (χ0v) is 16.1. The van der Waals surface area contributed by atoms with E-state index in [9.17, 15) is 8.42 Å². The summed E-state index contributed by atoms with van der Waals surface area (Å²) in [4.78, 5) is 3.98. The molecule has 3 rings (SSSR count). The number of aromatic nitrogens is 1. The van der Waals surface area contributed by atoms with Crippen molar-refractivity contribution in [3.8, 4) is 0 Å². The minimum absolute atomic E-state index is 0.0722. The number of halogens is 1. The summed E-state index contributed by atoms with van der Waals surface area (Å²) < 4.78 is 28.1. The molecular weight excluding hydrogens is 408 g/mol. The molecule has 24 heavy (non-hydrogen) atoms. The fourth-order valence-electron chi connectivity index (χ4n) is 2.53. The van der Waals surface area contributed by atoms with Gasteiger partial charge in [0, 0.05) is 16.9 Å². The number of sulfonamides is 1. The van der Waals surface area contributed by atoms with Gasteiger partial charge in [-0.1, -0.05) is 64.5 Å². The molecular formula is C17H15BrN2O2S2. The lowest BCUT2D eigenvalue weighted by atomic mass is 9.99. The molecule has 0 spiro atoms. The molecule has 124 valence electrons. The fourth-order valence-corrected chi connectivity index (χ4v) is 5.16. The lowest BCUT2D eigenvalue weighted by molar-refractivity contribution is 0.415. The van der Waals surface area contributed by atoms with E-state index >= 15 is 0 Å². The Balaban J connectivity index is 2.14. The van der Waals surface area contributed by atoms with Gasteiger partial charge in [0.05, 0.1) is 11.6 Å². The van der Waals surface area contributed by atoms with Crippen molar-refractivity contribution in [2.75, 3.05) is 7.05 Å². The SMILES string of the molecule is CN(C(c1ccccc1)c1ccccc1Br)S(=O)(=O)c1cscn1. The number of hydrogen-bond acceptors (Lipinski definition) is 4. The zero-order chi connectivity index (χ0) is 17.2. The summed E-state index contributed by atoms with van der Waals surface area (Å²) in [6.07, 6.45) is 0. The maximum Gasteiger partial charge on any atom is 0.261 e. The van der Waals surface area contributed by atoms with E-state index in [1.165, 1.54) is 21.2 Å². The minimum atomic E-state index is -3.70. The summed E-state index contributed by atoms with van der Waals surface area (Å²) in [7, 11) is -2.11. The van der Waals surface area contributed by atoms with Gasteiger partial charge in [0.2, 0.25) is 0 Å². The van der Waals surface area contributed by atoms with Crippen molar-refractivity contribution in [1.29, 1.82) is 0 Å². The highest BCUT2D eigenvalue weighted by molar-refractivity contribution is 9.10. The summed E-state index contributed by atoms with van der Waals surface area (Å²) in [5.74, 6) is 0. The molecule has 0 saturated carbocycles. The summed E-state index contributed by atoms with van der Waals surface area (Å²) in [5.41, 5.74) is 3.30. The first-order chi connectivity index (χ1) is 11.5. The zero-order valence-electron chi connectivity index (χ0n) is 12.8. The van der Waals surface area contributed by atoms with Crippen LogP contribution in [0.3, 0.4) is 0 Å². The molecule has 1 heterocycles. The van der Waals surface area contributed by atoms with Crippen LogP contribution in [0.5, 0.6) is 0 Å². The Morgan fingerprint density at radius 1 is 1.08 bits per heavy atom. The van der Waals surface area contributed by atoms with E-state index in [0.717, 1.165) is 15.6 Å². The topological polar surface area (TPSA) is 50.3 Å². The third-order valence-electron chi connectivity index (χ3n) is 3.73. The van der Waals surface area contributed by atoms with Crippen LogP contribution in [-0.4, -0.2) is 24.8 Å². The Kier molecular flexibility index (Phi) is 5.15. The molecule has 4 nitrogen and oxygen atoms in total. The van der Waals surface area contributed by atoms with Crippen LogP contribution in [-0.2, 0) is 10.0 Å². The van der Waals surface area contributed by atoms with Crippen molar-refractivity contribution < 1.29 is 8.42 Å². The van der Waals surface area contributed by atoms with Crippen molar-refractivity contribution >= 4 is 37.3 Å². The van der Waals surface area contributed by atoms with E-state index in [0.29, 0.717) is 0 Å². The van der Waals surface area contributed by atoms with Gasteiger partial charge < -0.3 is 0 Å². The molecule has 7 heteroatoms. The van der Waals surface area contributed by atoms with Crippen LogP contribution in [0, 0.1) is 0 Å². The molecule has 2 aromatic carbocycles. The Hall–Kier alpha value is -1.54. The number of hydrogen-bond donors (Lipinski definition) is 0. The summed E-state index contributed by atoms with van der Waals surface area (Å²) in [5, 5.41) is 1.62. The molecule has 1 unspecified atom stereocenters. The number of thiazole rings is 1. The van der Waals surface area contributed by atoms with Gasteiger partial charge in [-0.15, -0.1) is 11.3 Å². The highest BCUT2D eigenvalue weighted by Gasteiger charge is 2.32.